The molecule has 1 saturated heterocycles. The fourth-order valence-electron chi connectivity index (χ4n) is 3.63. The Morgan fingerprint density at radius 1 is 1.03 bits per heavy atom. The maximum absolute atomic E-state index is 12.9. The van der Waals surface area contributed by atoms with Crippen molar-refractivity contribution in [3.63, 3.8) is 0 Å². The van der Waals surface area contributed by atoms with Gasteiger partial charge in [-0.25, -0.2) is 9.59 Å². The van der Waals surface area contributed by atoms with E-state index < -0.39 is 34.9 Å². The minimum absolute atomic E-state index is 0.0703. The molecule has 2 aliphatic rings. The average molecular weight is 431 g/mol. The Morgan fingerprint density at radius 2 is 1.65 bits per heavy atom. The Labute approximate surface area is 182 Å². The van der Waals surface area contributed by atoms with Gasteiger partial charge in [0, 0.05) is 18.4 Å². The van der Waals surface area contributed by atoms with Crippen molar-refractivity contribution in [1.82, 2.24) is 4.90 Å². The van der Waals surface area contributed by atoms with Gasteiger partial charge in [0.15, 0.2) is 5.60 Å². The van der Waals surface area contributed by atoms with Gasteiger partial charge in [0.25, 0.3) is 0 Å². The third-order valence-electron chi connectivity index (χ3n) is 4.84. The molecule has 0 aliphatic carbocycles. The summed E-state index contributed by atoms with van der Waals surface area (Å²) in [4.78, 5) is 45.5. The van der Waals surface area contributed by atoms with E-state index in [1.807, 2.05) is 6.07 Å². The second-order valence-electron chi connectivity index (χ2n) is 10.0. The molecule has 1 fully saturated rings. The number of carbonyl (C=O) groups excluding carboxylic acids is 3. The second kappa shape index (κ2) is 7.98. The van der Waals surface area contributed by atoms with E-state index in [0.29, 0.717) is 5.56 Å². The van der Waals surface area contributed by atoms with Crippen molar-refractivity contribution >= 4 is 23.6 Å². The Kier molecular flexibility index (Phi) is 5.86. The molecule has 0 unspecified atom stereocenters. The van der Waals surface area contributed by atoms with Gasteiger partial charge in [-0.15, -0.1) is 0 Å². The van der Waals surface area contributed by atoms with Crippen molar-refractivity contribution in [2.75, 3.05) is 6.54 Å². The maximum Gasteiger partial charge on any atom is 0.411 e. The molecule has 0 radical (unpaired) electrons. The molecule has 1 aromatic rings. The van der Waals surface area contributed by atoms with Gasteiger partial charge in [-0.2, -0.15) is 0 Å². The van der Waals surface area contributed by atoms with Gasteiger partial charge in [-0.3, -0.25) is 9.69 Å². The fraction of sp³-hybridized carbons (Fsp3) is 0.565. The van der Waals surface area contributed by atoms with E-state index in [4.69, 9.17) is 14.3 Å². The van der Waals surface area contributed by atoms with Crippen LogP contribution in [-0.2, 0) is 19.1 Å². The van der Waals surface area contributed by atoms with Crippen molar-refractivity contribution in [2.24, 2.45) is 5.16 Å². The van der Waals surface area contributed by atoms with Crippen LogP contribution in [0.3, 0.4) is 0 Å². The van der Waals surface area contributed by atoms with Gasteiger partial charge in [-0.05, 0) is 41.5 Å². The van der Waals surface area contributed by atoms with Crippen LogP contribution in [0, 0.1) is 0 Å². The van der Waals surface area contributed by atoms with Crippen LogP contribution in [-0.4, -0.2) is 57.8 Å². The number of hydrogen-bond acceptors (Lipinski definition) is 7. The molecular formula is C23H30N2O6. The molecule has 0 saturated carbocycles. The molecule has 2 atom stereocenters. The molecule has 1 spiro atoms. The molecule has 0 aromatic heterocycles. The molecule has 3 rings (SSSR count). The van der Waals surface area contributed by atoms with Crippen LogP contribution in [0.25, 0.3) is 0 Å². The lowest BCUT2D eigenvalue weighted by atomic mass is 9.91. The largest absolute Gasteiger partial charge is 0.458 e. The number of rotatable bonds is 3. The number of likely N-dealkylation sites (tertiary alicyclic amines) is 1. The molecule has 8 heteroatoms. The van der Waals surface area contributed by atoms with Crippen LogP contribution in [0.15, 0.2) is 35.5 Å². The smallest absolute Gasteiger partial charge is 0.411 e. The van der Waals surface area contributed by atoms with Crippen molar-refractivity contribution in [1.29, 1.82) is 0 Å². The summed E-state index contributed by atoms with van der Waals surface area (Å²) in [6, 6.07) is 7.90. The number of hydrogen-bond donors (Lipinski definition) is 0. The normalized spacial score (nSPS) is 23.4. The fourth-order valence-corrected chi connectivity index (χ4v) is 3.63. The van der Waals surface area contributed by atoms with Crippen molar-refractivity contribution in [3.8, 4) is 0 Å². The summed E-state index contributed by atoms with van der Waals surface area (Å²) in [6.07, 6.45) is -0.276. The molecule has 168 valence electrons. The molecule has 1 amide bonds. The SMILES string of the molecule is CC(C)(C)OC(=O)[C@@H]1C[C@]2(CC(C(=O)c3ccccc3)=NO2)CN1C(=O)OC(C)(C)C. The van der Waals surface area contributed by atoms with Crippen LogP contribution in [0.4, 0.5) is 4.79 Å². The van der Waals surface area contributed by atoms with E-state index in [-0.39, 0.29) is 30.9 Å². The molecule has 0 N–H and O–H groups in total. The summed E-state index contributed by atoms with van der Waals surface area (Å²) in [6.45, 7) is 10.6. The van der Waals surface area contributed by atoms with E-state index in [9.17, 15) is 14.4 Å². The van der Waals surface area contributed by atoms with Crippen LogP contribution in [0.5, 0.6) is 0 Å². The van der Waals surface area contributed by atoms with E-state index in [0.717, 1.165) is 0 Å². The molecule has 0 bridgehead atoms. The van der Waals surface area contributed by atoms with Gasteiger partial charge in [0.1, 0.15) is 23.0 Å². The van der Waals surface area contributed by atoms with Crippen LogP contribution < -0.4 is 0 Å². The number of Topliss-reactive ketones (excluding diaryl/α,β-unsaturated/α-hetero) is 1. The van der Waals surface area contributed by atoms with Gasteiger partial charge in [0.05, 0.1) is 6.54 Å². The molecule has 31 heavy (non-hydrogen) atoms. The number of benzene rings is 1. The van der Waals surface area contributed by atoms with Gasteiger partial charge >= 0.3 is 12.1 Å². The molecule has 2 heterocycles. The van der Waals surface area contributed by atoms with Crippen molar-refractivity contribution in [2.45, 2.75) is 77.2 Å². The highest BCUT2D eigenvalue weighted by Crippen LogP contribution is 2.39. The number of esters is 1. The minimum atomic E-state index is -0.974. The van der Waals surface area contributed by atoms with Gasteiger partial charge < -0.3 is 14.3 Å². The standard InChI is InChI=1S/C23H30N2O6/c1-21(2,3)29-19(27)17-13-23(14-25(17)20(28)30-22(4,5)6)12-16(24-31-23)18(26)15-10-8-7-9-11-15/h7-11,17H,12-14H2,1-6H3/t17-,23+/m0/s1. The lowest BCUT2D eigenvalue weighted by molar-refractivity contribution is -0.160. The first kappa shape index (κ1) is 22.8. The Morgan fingerprint density at radius 3 is 2.23 bits per heavy atom. The Balaban J connectivity index is 1.80. The van der Waals surface area contributed by atoms with E-state index >= 15 is 0 Å². The number of oxime groups is 1. The van der Waals surface area contributed by atoms with Crippen molar-refractivity contribution < 1.29 is 28.7 Å². The molecule has 8 nitrogen and oxygen atoms in total. The van der Waals surface area contributed by atoms with Gasteiger partial charge in [-0.1, -0.05) is 35.5 Å². The van der Waals surface area contributed by atoms with E-state index in [1.54, 1.807) is 65.8 Å². The third-order valence-corrected chi connectivity index (χ3v) is 4.84. The van der Waals surface area contributed by atoms with Crippen LogP contribution >= 0.6 is 0 Å². The summed E-state index contributed by atoms with van der Waals surface area (Å²) >= 11 is 0. The van der Waals surface area contributed by atoms with E-state index in [1.165, 1.54) is 4.90 Å². The zero-order valence-corrected chi connectivity index (χ0v) is 18.9. The van der Waals surface area contributed by atoms with Crippen molar-refractivity contribution in [3.05, 3.63) is 35.9 Å². The first-order chi connectivity index (χ1) is 14.3. The Bertz CT molecular complexity index is 859. The summed E-state index contributed by atoms with van der Waals surface area (Å²) in [5, 5.41) is 4.02. The zero-order chi connectivity index (χ0) is 23.0. The summed E-state index contributed by atoms with van der Waals surface area (Å²) in [5.41, 5.74) is -1.65. The summed E-state index contributed by atoms with van der Waals surface area (Å²) < 4.78 is 11.0. The summed E-state index contributed by atoms with van der Waals surface area (Å²) in [5.74, 6) is -0.774. The average Bonchev–Trinajstić information content (AvgIpc) is 3.24. The maximum atomic E-state index is 12.9. The Hall–Kier alpha value is -2.90. The molecule has 1 aromatic carbocycles. The monoisotopic (exact) mass is 430 g/mol. The minimum Gasteiger partial charge on any atom is -0.458 e. The second-order valence-corrected chi connectivity index (χ2v) is 10.0. The van der Waals surface area contributed by atoms with E-state index in [2.05, 4.69) is 5.16 Å². The highest BCUT2D eigenvalue weighted by molar-refractivity contribution is 6.46. The highest BCUT2D eigenvalue weighted by atomic mass is 16.7. The zero-order valence-electron chi connectivity index (χ0n) is 18.9. The lowest BCUT2D eigenvalue weighted by Gasteiger charge is -2.29. The lowest BCUT2D eigenvalue weighted by Crippen LogP contribution is -2.46. The number of ketones is 1. The first-order valence-electron chi connectivity index (χ1n) is 10.4. The van der Waals surface area contributed by atoms with Gasteiger partial charge in [0.2, 0.25) is 5.78 Å². The number of amides is 1. The highest BCUT2D eigenvalue weighted by Gasteiger charge is 2.56. The first-order valence-corrected chi connectivity index (χ1v) is 10.4. The third kappa shape index (κ3) is 5.42. The van der Waals surface area contributed by atoms with Crippen LogP contribution in [0.2, 0.25) is 0 Å². The predicted molar refractivity (Wildman–Crippen MR) is 114 cm³/mol. The molecule has 2 aliphatic heterocycles. The predicted octanol–water partition coefficient (Wildman–Crippen LogP) is 3.74. The number of nitrogens with zero attached hydrogens (tertiary/aromatic N) is 2. The quantitative estimate of drug-likeness (QED) is 0.536. The van der Waals surface area contributed by atoms with Crippen LogP contribution in [0.1, 0.15) is 64.7 Å². The molecular weight excluding hydrogens is 400 g/mol. The number of carbonyl (C=O) groups is 3. The number of ether oxygens (including phenoxy) is 2. The summed E-state index contributed by atoms with van der Waals surface area (Å²) in [7, 11) is 0. The topological polar surface area (TPSA) is 94.5 Å².